The molecular formula is AgCuFeNi. The average Bonchev–Trinajstić information content (AvgIpc) is 0. The first-order valence-corrected chi connectivity index (χ1v) is 0. The molecule has 0 unspecified atom stereocenters. The molecule has 0 aromatic carbocycles. The fraction of sp³-hybridized carbons (Fsp3) is 0. The van der Waals surface area contributed by atoms with Gasteiger partial charge in [0.05, 0.1) is 0 Å². The van der Waals surface area contributed by atoms with E-state index in [0.29, 0.717) is 0 Å². The smallest absolute Gasteiger partial charge is 0 e. The summed E-state index contributed by atoms with van der Waals surface area (Å²) in [6.45, 7) is 0. The molecule has 0 aliphatic rings. The minimum absolute atomic E-state index is 0. The quantitative estimate of drug-likeness (QED) is 0.550. The van der Waals surface area contributed by atoms with Crippen LogP contribution in [-0.2, 0) is 73.0 Å². The molecule has 0 heterocycles. The monoisotopic (exact) mass is 284 g/mol. The van der Waals surface area contributed by atoms with Crippen molar-refractivity contribution in [3.05, 3.63) is 0 Å². The summed E-state index contributed by atoms with van der Waals surface area (Å²) in [5.41, 5.74) is 0. The Balaban J connectivity index is 0. The standard InChI is InChI=1S/Ag.Cu.Fe.Ni. The molecule has 0 saturated carbocycles. The van der Waals surface area contributed by atoms with Gasteiger partial charge in [-0.25, -0.2) is 0 Å². The van der Waals surface area contributed by atoms with Crippen LogP contribution in [0.2, 0.25) is 0 Å². The van der Waals surface area contributed by atoms with Gasteiger partial charge in [-0.1, -0.05) is 0 Å². The molecule has 0 aliphatic heterocycles. The maximum Gasteiger partial charge on any atom is 0 e. The van der Waals surface area contributed by atoms with Crippen LogP contribution in [-0.4, -0.2) is 0 Å². The summed E-state index contributed by atoms with van der Waals surface area (Å²) in [6.07, 6.45) is 0. The molecule has 0 spiro atoms. The van der Waals surface area contributed by atoms with Gasteiger partial charge in [0.25, 0.3) is 0 Å². The van der Waals surface area contributed by atoms with Crippen LogP contribution in [0.15, 0.2) is 0 Å². The Bertz CT molecular complexity index is 8.00. The second-order valence-corrected chi connectivity index (χ2v) is 0. The Morgan fingerprint density at radius 2 is 1.00 bits per heavy atom. The van der Waals surface area contributed by atoms with Crippen molar-refractivity contribution in [3.63, 3.8) is 0 Å². The van der Waals surface area contributed by atoms with Gasteiger partial charge in [-0.15, -0.1) is 0 Å². The zero-order chi connectivity index (χ0) is 0. The third-order valence-electron chi connectivity index (χ3n) is 0. The second kappa shape index (κ2) is 18.6. The van der Waals surface area contributed by atoms with Crippen LogP contribution in [0.5, 0.6) is 0 Å². The van der Waals surface area contributed by atoms with E-state index in [-0.39, 0.29) is 73.0 Å². The molecule has 0 fully saturated rings. The number of rotatable bonds is 0. The molecular weight excluding hydrogens is 286 g/mol. The van der Waals surface area contributed by atoms with Crippen molar-refractivity contribution >= 4 is 0 Å². The van der Waals surface area contributed by atoms with Gasteiger partial charge < -0.3 is 0 Å². The van der Waals surface area contributed by atoms with Crippen molar-refractivity contribution in [1.29, 1.82) is 0 Å². The topological polar surface area (TPSA) is 0 Å². The normalized spacial score (nSPS) is 0. The predicted molar refractivity (Wildman–Crippen MR) is 0 cm³/mol. The van der Waals surface area contributed by atoms with E-state index in [1.54, 1.807) is 0 Å². The van der Waals surface area contributed by atoms with Crippen LogP contribution in [0.4, 0.5) is 0 Å². The van der Waals surface area contributed by atoms with Crippen molar-refractivity contribution in [2.24, 2.45) is 0 Å². The average molecular weight is 286 g/mol. The molecule has 4 heteroatoms. The molecule has 0 aliphatic carbocycles. The maximum absolute atomic E-state index is 0. The first kappa shape index (κ1) is 33.8. The summed E-state index contributed by atoms with van der Waals surface area (Å²) in [5.74, 6) is 0. The van der Waals surface area contributed by atoms with Crippen molar-refractivity contribution in [2.75, 3.05) is 0 Å². The van der Waals surface area contributed by atoms with Crippen LogP contribution >= 0.6 is 0 Å². The summed E-state index contributed by atoms with van der Waals surface area (Å²) >= 11 is 0. The molecule has 0 nitrogen and oxygen atoms in total. The SMILES string of the molecule is [Ag].[Cu].[Fe].[Ni]. The van der Waals surface area contributed by atoms with Gasteiger partial charge in [-0.3, -0.25) is 0 Å². The summed E-state index contributed by atoms with van der Waals surface area (Å²) in [6, 6.07) is 0. The van der Waals surface area contributed by atoms with Crippen LogP contribution in [0.3, 0.4) is 0 Å². The molecule has 40 valence electrons. The van der Waals surface area contributed by atoms with E-state index in [4.69, 9.17) is 0 Å². The Labute approximate surface area is 72.2 Å². The van der Waals surface area contributed by atoms with Crippen LogP contribution in [0, 0.1) is 0 Å². The van der Waals surface area contributed by atoms with E-state index in [9.17, 15) is 0 Å². The third kappa shape index (κ3) is 8.86. The van der Waals surface area contributed by atoms with Gasteiger partial charge in [-0.05, 0) is 0 Å². The van der Waals surface area contributed by atoms with Gasteiger partial charge in [0.15, 0.2) is 0 Å². The zero-order valence-corrected chi connectivity index (χ0v) is 5.79. The van der Waals surface area contributed by atoms with Crippen LogP contribution in [0.1, 0.15) is 0 Å². The van der Waals surface area contributed by atoms with Crippen molar-refractivity contribution < 1.29 is 73.0 Å². The van der Waals surface area contributed by atoms with Gasteiger partial charge in [0.1, 0.15) is 0 Å². The van der Waals surface area contributed by atoms with E-state index in [2.05, 4.69) is 0 Å². The minimum Gasteiger partial charge on any atom is 0 e. The molecule has 0 rings (SSSR count). The molecule has 4 heavy (non-hydrogen) atoms. The van der Waals surface area contributed by atoms with Crippen LogP contribution < -0.4 is 0 Å². The Morgan fingerprint density at radius 1 is 1.00 bits per heavy atom. The molecule has 0 aromatic rings. The summed E-state index contributed by atoms with van der Waals surface area (Å²) < 4.78 is 0. The first-order valence-electron chi connectivity index (χ1n) is 0. The number of hydrogen-bond acceptors (Lipinski definition) is 0. The minimum atomic E-state index is 0. The molecule has 0 saturated heterocycles. The molecule has 0 aromatic heterocycles. The molecule has 0 N–H and O–H groups in total. The van der Waals surface area contributed by atoms with Gasteiger partial charge in [-0.2, -0.15) is 0 Å². The summed E-state index contributed by atoms with van der Waals surface area (Å²) in [7, 11) is 0. The largest absolute Gasteiger partial charge is 0 e. The molecule has 0 bridgehead atoms. The van der Waals surface area contributed by atoms with Crippen molar-refractivity contribution in [1.82, 2.24) is 0 Å². The van der Waals surface area contributed by atoms with Gasteiger partial charge in [0, 0.05) is 73.0 Å². The van der Waals surface area contributed by atoms with E-state index < -0.39 is 0 Å². The Morgan fingerprint density at radius 3 is 1.00 bits per heavy atom. The van der Waals surface area contributed by atoms with E-state index in [0.717, 1.165) is 0 Å². The summed E-state index contributed by atoms with van der Waals surface area (Å²) in [5, 5.41) is 0. The predicted octanol–water partition coefficient (Wildman–Crippen LogP) is -0.0100. The summed E-state index contributed by atoms with van der Waals surface area (Å²) in [4.78, 5) is 0. The van der Waals surface area contributed by atoms with E-state index in [1.807, 2.05) is 0 Å². The van der Waals surface area contributed by atoms with Crippen LogP contribution in [0.25, 0.3) is 0 Å². The van der Waals surface area contributed by atoms with Gasteiger partial charge >= 0.3 is 0 Å². The Hall–Kier alpha value is 2.27. The van der Waals surface area contributed by atoms with Crippen molar-refractivity contribution in [2.45, 2.75) is 0 Å². The molecule has 0 atom stereocenters. The maximum atomic E-state index is 0. The zero-order valence-electron chi connectivity index (χ0n) is 1.27. The molecule has 0 amide bonds. The fourth-order valence-electron chi connectivity index (χ4n) is 0. The van der Waals surface area contributed by atoms with Gasteiger partial charge in [0.2, 0.25) is 0 Å². The third-order valence-corrected chi connectivity index (χ3v) is 0. The molecule has 2 radical (unpaired) electrons. The second-order valence-electron chi connectivity index (χ2n) is 0. The van der Waals surface area contributed by atoms with Crippen molar-refractivity contribution in [3.8, 4) is 0 Å². The first-order chi connectivity index (χ1) is 0. The Kier molecular flexibility index (Phi) is 157. The van der Waals surface area contributed by atoms with E-state index in [1.165, 1.54) is 0 Å². The fourth-order valence-corrected chi connectivity index (χ4v) is 0. The number of hydrogen-bond donors (Lipinski definition) is 0. The van der Waals surface area contributed by atoms with E-state index >= 15 is 0 Å².